The quantitative estimate of drug-likeness (QED) is 0.678. The first-order valence-electron chi connectivity index (χ1n) is 9.14. The first-order valence-corrected chi connectivity index (χ1v) is 9.89. The molecule has 0 unspecified atom stereocenters. The van der Waals surface area contributed by atoms with Gasteiger partial charge in [0.25, 0.3) is 17.7 Å². The lowest BCUT2D eigenvalue weighted by Crippen LogP contribution is -2.33. The number of hydrogen-bond acceptors (Lipinski definition) is 4. The maximum Gasteiger partial charge on any atom is 0.258 e. The van der Waals surface area contributed by atoms with Gasteiger partial charge in [0.15, 0.2) is 0 Å². The van der Waals surface area contributed by atoms with E-state index in [1.54, 1.807) is 23.1 Å². The topological polar surface area (TPSA) is 69.7 Å². The van der Waals surface area contributed by atoms with Crippen LogP contribution in [0.25, 0.3) is 0 Å². The Hall–Kier alpha value is -2.41. The lowest BCUT2D eigenvalue weighted by atomic mass is 10.0. The van der Waals surface area contributed by atoms with Crippen molar-refractivity contribution in [2.75, 3.05) is 27.2 Å². The molecule has 6 nitrogen and oxygen atoms in total. The predicted octanol–water partition coefficient (Wildman–Crippen LogP) is 3.47. The molecule has 0 spiro atoms. The second-order valence-electron chi connectivity index (χ2n) is 7.18. The highest BCUT2D eigenvalue weighted by Gasteiger charge is 2.28. The Labute approximate surface area is 179 Å². The maximum absolute atomic E-state index is 13.2. The number of carbonyl (C=O) groups excluding carboxylic acids is 3. The van der Waals surface area contributed by atoms with E-state index in [2.05, 4.69) is 5.32 Å². The van der Waals surface area contributed by atoms with Gasteiger partial charge in [-0.25, -0.2) is 0 Å². The van der Waals surface area contributed by atoms with Crippen LogP contribution >= 0.6 is 23.2 Å². The summed E-state index contributed by atoms with van der Waals surface area (Å²) in [5.41, 5.74) is 1.73. The van der Waals surface area contributed by atoms with Crippen molar-refractivity contribution in [3.05, 3.63) is 68.7 Å². The molecule has 0 bridgehead atoms. The summed E-state index contributed by atoms with van der Waals surface area (Å²) in [5.74, 6) is -1.14. The fourth-order valence-electron chi connectivity index (χ4n) is 3.17. The summed E-state index contributed by atoms with van der Waals surface area (Å²) >= 11 is 12.1. The molecule has 0 saturated heterocycles. The van der Waals surface area contributed by atoms with Crippen LogP contribution in [0.4, 0.5) is 0 Å². The molecule has 3 rings (SSSR count). The van der Waals surface area contributed by atoms with Gasteiger partial charge in [0.05, 0.1) is 21.2 Å². The fourth-order valence-corrected chi connectivity index (χ4v) is 3.49. The molecule has 0 radical (unpaired) electrons. The minimum absolute atomic E-state index is 0.218. The average Bonchev–Trinajstić information content (AvgIpc) is 2.96. The summed E-state index contributed by atoms with van der Waals surface area (Å²) in [6, 6.07) is 9.84. The lowest BCUT2D eigenvalue weighted by Gasteiger charge is -2.24. The Morgan fingerprint density at radius 2 is 1.66 bits per heavy atom. The molecule has 0 atom stereocenters. The van der Waals surface area contributed by atoms with Crippen LogP contribution in [0.1, 0.15) is 43.1 Å². The first kappa shape index (κ1) is 21.3. The average molecular weight is 434 g/mol. The van der Waals surface area contributed by atoms with Crippen molar-refractivity contribution < 1.29 is 14.4 Å². The molecule has 1 heterocycles. The van der Waals surface area contributed by atoms with E-state index >= 15 is 0 Å². The van der Waals surface area contributed by atoms with E-state index < -0.39 is 11.8 Å². The first-order chi connectivity index (χ1) is 13.8. The van der Waals surface area contributed by atoms with Crippen molar-refractivity contribution in [3.63, 3.8) is 0 Å². The second kappa shape index (κ2) is 8.95. The van der Waals surface area contributed by atoms with E-state index in [0.29, 0.717) is 28.7 Å². The molecule has 0 fully saturated rings. The van der Waals surface area contributed by atoms with Crippen molar-refractivity contribution in [3.8, 4) is 0 Å². The van der Waals surface area contributed by atoms with Crippen molar-refractivity contribution in [1.82, 2.24) is 15.1 Å². The Morgan fingerprint density at radius 3 is 2.34 bits per heavy atom. The van der Waals surface area contributed by atoms with Crippen LogP contribution in [-0.4, -0.2) is 54.7 Å². The molecule has 3 amide bonds. The van der Waals surface area contributed by atoms with E-state index in [0.717, 1.165) is 18.5 Å². The molecule has 1 aliphatic heterocycles. The van der Waals surface area contributed by atoms with Crippen LogP contribution in [0.3, 0.4) is 0 Å². The summed E-state index contributed by atoms with van der Waals surface area (Å²) in [4.78, 5) is 40.6. The third-order valence-electron chi connectivity index (χ3n) is 4.66. The van der Waals surface area contributed by atoms with E-state index in [1.807, 2.05) is 25.1 Å². The zero-order chi connectivity index (χ0) is 21.1. The summed E-state index contributed by atoms with van der Waals surface area (Å²) in [6.07, 6.45) is 0.782. The van der Waals surface area contributed by atoms with Gasteiger partial charge in [-0.1, -0.05) is 29.3 Å². The number of nitrogens with one attached hydrogen (secondary N) is 1. The zero-order valence-electron chi connectivity index (χ0n) is 16.2. The molecule has 2 aromatic rings. The maximum atomic E-state index is 13.2. The minimum atomic E-state index is -0.483. The van der Waals surface area contributed by atoms with E-state index in [4.69, 9.17) is 23.2 Å². The lowest BCUT2D eigenvalue weighted by molar-refractivity contribution is 0.0737. The third kappa shape index (κ3) is 4.96. The van der Waals surface area contributed by atoms with Gasteiger partial charge in [0.2, 0.25) is 0 Å². The van der Waals surface area contributed by atoms with Gasteiger partial charge < -0.3 is 9.80 Å². The number of amides is 3. The predicted molar refractivity (Wildman–Crippen MR) is 113 cm³/mol. The fraction of sp³-hybridized carbons (Fsp3) is 0.286. The van der Waals surface area contributed by atoms with E-state index in [9.17, 15) is 14.4 Å². The normalized spacial score (nSPS) is 12.9. The van der Waals surface area contributed by atoms with Gasteiger partial charge in [-0.15, -0.1) is 0 Å². The van der Waals surface area contributed by atoms with E-state index in [-0.39, 0.29) is 17.0 Å². The number of benzene rings is 2. The molecule has 152 valence electrons. The highest BCUT2D eigenvalue weighted by Crippen LogP contribution is 2.24. The molecule has 0 aromatic heterocycles. The van der Waals surface area contributed by atoms with Crippen LogP contribution in [0, 0.1) is 0 Å². The smallest absolute Gasteiger partial charge is 0.258 e. The Bertz CT molecular complexity index is 976. The summed E-state index contributed by atoms with van der Waals surface area (Å²) < 4.78 is 0. The number of hydrogen-bond donors (Lipinski definition) is 1. The van der Waals surface area contributed by atoms with Crippen LogP contribution in [0.15, 0.2) is 36.4 Å². The number of carbonyl (C=O) groups is 3. The number of imide groups is 1. The SMILES string of the molecule is CN(C)CCCN(Cc1ccc(Cl)c(Cl)c1)C(=O)c1ccc2c(c1)C(=O)NC2=O. The summed E-state index contributed by atoms with van der Waals surface area (Å²) in [7, 11) is 3.95. The monoisotopic (exact) mass is 433 g/mol. The van der Waals surface area contributed by atoms with Gasteiger partial charge in [-0.3, -0.25) is 19.7 Å². The number of halogens is 2. The highest BCUT2D eigenvalue weighted by atomic mass is 35.5. The van der Waals surface area contributed by atoms with Crippen LogP contribution in [-0.2, 0) is 6.54 Å². The standard InChI is InChI=1S/C21H21Cl2N3O3/c1-25(2)8-3-9-26(12-13-4-7-17(22)18(23)10-13)21(29)14-5-6-15-16(11-14)20(28)24-19(15)27/h4-7,10-11H,3,8-9,12H2,1-2H3,(H,24,27,28). The molecular weight excluding hydrogens is 413 g/mol. The van der Waals surface area contributed by atoms with Gasteiger partial charge in [-0.05, 0) is 63.0 Å². The number of nitrogens with zero attached hydrogens (tertiary/aromatic N) is 2. The largest absolute Gasteiger partial charge is 0.334 e. The Kier molecular flexibility index (Phi) is 6.57. The molecule has 8 heteroatoms. The molecule has 29 heavy (non-hydrogen) atoms. The molecule has 2 aromatic carbocycles. The van der Waals surface area contributed by atoms with Crippen LogP contribution in [0.2, 0.25) is 10.0 Å². The molecule has 0 aliphatic carbocycles. The molecular formula is C21H21Cl2N3O3. The summed E-state index contributed by atoms with van der Waals surface area (Å²) in [5, 5.41) is 3.12. The number of rotatable bonds is 7. The summed E-state index contributed by atoms with van der Waals surface area (Å²) in [6.45, 7) is 1.71. The van der Waals surface area contributed by atoms with E-state index in [1.165, 1.54) is 12.1 Å². The highest BCUT2D eigenvalue weighted by molar-refractivity contribution is 6.42. The molecule has 0 saturated carbocycles. The van der Waals surface area contributed by atoms with Crippen molar-refractivity contribution >= 4 is 40.9 Å². The van der Waals surface area contributed by atoms with Gasteiger partial charge in [0, 0.05) is 18.7 Å². The van der Waals surface area contributed by atoms with Gasteiger partial charge in [0.1, 0.15) is 0 Å². The van der Waals surface area contributed by atoms with Crippen LogP contribution < -0.4 is 5.32 Å². The number of fused-ring (bicyclic) bond motifs is 1. The second-order valence-corrected chi connectivity index (χ2v) is 7.99. The van der Waals surface area contributed by atoms with Crippen molar-refractivity contribution in [2.24, 2.45) is 0 Å². The Balaban J connectivity index is 1.85. The van der Waals surface area contributed by atoms with Crippen molar-refractivity contribution in [1.29, 1.82) is 0 Å². The molecule has 1 aliphatic rings. The third-order valence-corrected chi connectivity index (χ3v) is 5.40. The minimum Gasteiger partial charge on any atom is -0.334 e. The Morgan fingerprint density at radius 1 is 0.931 bits per heavy atom. The molecule has 1 N–H and O–H groups in total. The van der Waals surface area contributed by atoms with Gasteiger partial charge >= 0.3 is 0 Å². The van der Waals surface area contributed by atoms with Gasteiger partial charge in [-0.2, -0.15) is 0 Å². The zero-order valence-corrected chi connectivity index (χ0v) is 17.7. The van der Waals surface area contributed by atoms with Crippen LogP contribution in [0.5, 0.6) is 0 Å². The van der Waals surface area contributed by atoms with Crippen molar-refractivity contribution in [2.45, 2.75) is 13.0 Å².